The second-order valence-electron chi connectivity index (χ2n) is 5.00. The first kappa shape index (κ1) is 14.8. The number of thioether (sulfide) groups is 1. The van der Waals surface area contributed by atoms with Crippen LogP contribution in [0.25, 0.3) is 11.4 Å². The van der Waals surface area contributed by atoms with Crippen molar-refractivity contribution in [3.8, 4) is 11.4 Å². The quantitative estimate of drug-likeness (QED) is 0.720. The molecule has 2 heterocycles. The fraction of sp³-hybridized carbons (Fsp3) is 0.333. The molecule has 3 aromatic rings. The van der Waals surface area contributed by atoms with Crippen LogP contribution in [0.1, 0.15) is 29.7 Å². The van der Waals surface area contributed by atoms with Crippen LogP contribution in [0.3, 0.4) is 0 Å². The molecule has 0 aliphatic rings. The van der Waals surface area contributed by atoms with Gasteiger partial charge in [-0.15, -0.1) is 22.0 Å². The lowest BCUT2D eigenvalue weighted by Crippen LogP contribution is -1.99. The van der Waals surface area contributed by atoms with Gasteiger partial charge in [-0.25, -0.2) is 0 Å². The molecule has 0 unspecified atom stereocenters. The summed E-state index contributed by atoms with van der Waals surface area (Å²) in [5, 5.41) is 12.5. The van der Waals surface area contributed by atoms with Gasteiger partial charge in [0, 0.05) is 12.6 Å². The molecule has 0 bridgehead atoms. The number of hydrogen-bond donors (Lipinski definition) is 0. The normalized spacial score (nSPS) is 12.5. The van der Waals surface area contributed by atoms with Gasteiger partial charge in [-0.05, 0) is 13.8 Å². The molecule has 1 aromatic carbocycles. The fourth-order valence-electron chi connectivity index (χ4n) is 2.07. The third kappa shape index (κ3) is 3.04. The van der Waals surface area contributed by atoms with Crippen LogP contribution in [0.2, 0.25) is 0 Å². The van der Waals surface area contributed by atoms with Crippen molar-refractivity contribution in [2.45, 2.75) is 24.9 Å². The summed E-state index contributed by atoms with van der Waals surface area (Å²) in [6, 6.07) is 10.1. The van der Waals surface area contributed by atoms with Crippen molar-refractivity contribution in [1.82, 2.24) is 24.9 Å². The summed E-state index contributed by atoms with van der Waals surface area (Å²) in [5.41, 5.74) is 1.06. The maximum absolute atomic E-state index is 5.19. The largest absolute Gasteiger partial charge is 0.338 e. The Kier molecular flexibility index (Phi) is 4.24. The van der Waals surface area contributed by atoms with Crippen molar-refractivity contribution < 1.29 is 4.52 Å². The van der Waals surface area contributed by atoms with E-state index in [-0.39, 0.29) is 5.25 Å². The number of benzene rings is 1. The molecule has 0 aliphatic heterocycles. The van der Waals surface area contributed by atoms with Gasteiger partial charge < -0.3 is 9.09 Å². The molecule has 0 amide bonds. The number of hydrogen-bond acceptors (Lipinski definition) is 6. The smallest absolute Gasteiger partial charge is 0.239 e. The minimum Gasteiger partial charge on any atom is -0.338 e. The minimum absolute atomic E-state index is 0.123. The molecule has 1 atom stereocenters. The molecule has 3 rings (SSSR count). The van der Waals surface area contributed by atoms with Crippen LogP contribution in [0.4, 0.5) is 0 Å². The van der Waals surface area contributed by atoms with Crippen molar-refractivity contribution in [3.05, 3.63) is 47.9 Å². The monoisotopic (exact) mass is 315 g/mol. The Bertz CT molecular complexity index is 752. The number of rotatable bonds is 5. The highest BCUT2D eigenvalue weighted by molar-refractivity contribution is 7.98. The van der Waals surface area contributed by atoms with Crippen molar-refractivity contribution in [2.75, 3.05) is 0 Å². The van der Waals surface area contributed by atoms with Crippen LogP contribution < -0.4 is 0 Å². The van der Waals surface area contributed by atoms with Gasteiger partial charge in [0.2, 0.25) is 5.89 Å². The average Bonchev–Trinajstić information content (AvgIpc) is 3.12. The Hall–Kier alpha value is -2.15. The van der Waals surface area contributed by atoms with Crippen LogP contribution in [0.15, 0.2) is 34.9 Å². The molecule has 22 heavy (non-hydrogen) atoms. The Morgan fingerprint density at radius 3 is 2.68 bits per heavy atom. The summed E-state index contributed by atoms with van der Waals surface area (Å²) in [6.07, 6.45) is 0. The molecule has 7 heteroatoms. The molecule has 0 N–H and O–H groups in total. The van der Waals surface area contributed by atoms with Gasteiger partial charge in [0.1, 0.15) is 5.82 Å². The second kappa shape index (κ2) is 6.31. The van der Waals surface area contributed by atoms with E-state index < -0.39 is 0 Å². The van der Waals surface area contributed by atoms with E-state index in [1.807, 2.05) is 55.8 Å². The lowest BCUT2D eigenvalue weighted by Gasteiger charge is -2.07. The Morgan fingerprint density at radius 1 is 1.23 bits per heavy atom. The Morgan fingerprint density at radius 2 is 2.00 bits per heavy atom. The maximum Gasteiger partial charge on any atom is 0.239 e. The van der Waals surface area contributed by atoms with Gasteiger partial charge in [-0.1, -0.05) is 35.5 Å². The molecular weight excluding hydrogens is 298 g/mol. The van der Waals surface area contributed by atoms with Crippen molar-refractivity contribution in [3.63, 3.8) is 0 Å². The standard InChI is InChI=1S/C15H17N5OS/c1-10(15-16-11(2)19-21-15)22-9-13-17-18-14(20(13)3)12-7-5-4-6-8-12/h4-8,10H,9H2,1-3H3/t10-/m1/s1. The topological polar surface area (TPSA) is 69.6 Å². The number of aryl methyl sites for hydroxylation is 1. The van der Waals surface area contributed by atoms with Gasteiger partial charge >= 0.3 is 0 Å². The van der Waals surface area contributed by atoms with Gasteiger partial charge in [0.25, 0.3) is 0 Å². The number of aromatic nitrogens is 5. The van der Waals surface area contributed by atoms with Crippen LogP contribution in [-0.4, -0.2) is 24.9 Å². The van der Waals surface area contributed by atoms with Crippen LogP contribution in [0.5, 0.6) is 0 Å². The summed E-state index contributed by atoms with van der Waals surface area (Å²) in [5.74, 6) is 3.84. The molecule has 0 saturated heterocycles. The summed E-state index contributed by atoms with van der Waals surface area (Å²) in [6.45, 7) is 3.87. The predicted molar refractivity (Wildman–Crippen MR) is 85.2 cm³/mol. The molecule has 0 spiro atoms. The van der Waals surface area contributed by atoms with Gasteiger partial charge in [0.15, 0.2) is 11.6 Å². The Labute approximate surface area is 133 Å². The molecule has 0 aliphatic carbocycles. The summed E-state index contributed by atoms with van der Waals surface area (Å²) in [4.78, 5) is 4.26. The molecule has 6 nitrogen and oxygen atoms in total. The van der Waals surface area contributed by atoms with Crippen molar-refractivity contribution in [2.24, 2.45) is 7.05 Å². The summed E-state index contributed by atoms with van der Waals surface area (Å²) >= 11 is 1.70. The van der Waals surface area contributed by atoms with E-state index in [0.29, 0.717) is 11.7 Å². The van der Waals surface area contributed by atoms with E-state index >= 15 is 0 Å². The summed E-state index contributed by atoms with van der Waals surface area (Å²) < 4.78 is 7.22. The first-order chi connectivity index (χ1) is 10.6. The SMILES string of the molecule is Cc1noc([C@@H](C)SCc2nnc(-c3ccccc3)n2C)n1. The first-order valence-electron chi connectivity index (χ1n) is 7.00. The minimum atomic E-state index is 0.123. The zero-order valence-corrected chi connectivity index (χ0v) is 13.5. The molecule has 2 aromatic heterocycles. The van der Waals surface area contributed by atoms with E-state index in [0.717, 1.165) is 23.0 Å². The predicted octanol–water partition coefficient (Wildman–Crippen LogP) is 3.17. The molecule has 0 radical (unpaired) electrons. The van der Waals surface area contributed by atoms with E-state index in [1.54, 1.807) is 11.8 Å². The zero-order valence-electron chi connectivity index (χ0n) is 12.7. The fourth-order valence-corrected chi connectivity index (χ4v) is 2.96. The highest BCUT2D eigenvalue weighted by Crippen LogP contribution is 2.30. The van der Waals surface area contributed by atoms with Crippen LogP contribution in [-0.2, 0) is 12.8 Å². The van der Waals surface area contributed by atoms with Crippen LogP contribution in [0, 0.1) is 6.92 Å². The van der Waals surface area contributed by atoms with Gasteiger partial charge in [-0.3, -0.25) is 0 Å². The highest BCUT2D eigenvalue weighted by Gasteiger charge is 2.16. The van der Waals surface area contributed by atoms with Gasteiger partial charge in [-0.2, -0.15) is 4.98 Å². The van der Waals surface area contributed by atoms with Gasteiger partial charge in [0.05, 0.1) is 11.0 Å². The molecule has 0 fully saturated rings. The summed E-state index contributed by atoms with van der Waals surface area (Å²) in [7, 11) is 1.99. The molecule has 114 valence electrons. The van der Waals surface area contributed by atoms with Crippen molar-refractivity contribution in [1.29, 1.82) is 0 Å². The third-order valence-electron chi connectivity index (χ3n) is 3.35. The van der Waals surface area contributed by atoms with E-state index in [2.05, 4.69) is 20.3 Å². The first-order valence-corrected chi connectivity index (χ1v) is 8.05. The zero-order chi connectivity index (χ0) is 15.5. The van der Waals surface area contributed by atoms with E-state index in [9.17, 15) is 0 Å². The van der Waals surface area contributed by atoms with Crippen LogP contribution >= 0.6 is 11.8 Å². The van der Waals surface area contributed by atoms with E-state index in [4.69, 9.17) is 4.52 Å². The lowest BCUT2D eigenvalue weighted by atomic mass is 10.2. The lowest BCUT2D eigenvalue weighted by molar-refractivity contribution is 0.376. The second-order valence-corrected chi connectivity index (χ2v) is 6.33. The third-order valence-corrected chi connectivity index (χ3v) is 4.48. The highest BCUT2D eigenvalue weighted by atomic mass is 32.2. The molecular formula is C15H17N5OS. The average molecular weight is 315 g/mol. The maximum atomic E-state index is 5.19. The van der Waals surface area contributed by atoms with E-state index in [1.165, 1.54) is 0 Å². The molecule has 0 saturated carbocycles. The number of nitrogens with zero attached hydrogens (tertiary/aromatic N) is 5. The Balaban J connectivity index is 1.70. The van der Waals surface area contributed by atoms with Crippen molar-refractivity contribution >= 4 is 11.8 Å².